The van der Waals surface area contributed by atoms with Crippen LogP contribution < -0.4 is 5.32 Å². The molecule has 0 atom stereocenters. The minimum Gasteiger partial charge on any atom is -0.352 e. The number of benzene rings is 1. The fraction of sp³-hybridized carbons (Fsp3) is 0.214. The van der Waals surface area contributed by atoms with Gasteiger partial charge < -0.3 is 5.32 Å². The Labute approximate surface area is 105 Å². The number of thiophene rings is 1. The molecule has 0 fully saturated rings. The second-order valence-electron chi connectivity index (χ2n) is 3.88. The highest BCUT2D eigenvalue weighted by Gasteiger charge is 2.03. The van der Waals surface area contributed by atoms with Crippen LogP contribution >= 0.6 is 11.3 Å². The molecule has 88 valence electrons. The van der Waals surface area contributed by atoms with Crippen LogP contribution in [0.3, 0.4) is 0 Å². The van der Waals surface area contributed by atoms with Crippen LogP contribution in [0.2, 0.25) is 0 Å². The molecular formula is C14H15NOS. The standard InChI is InChI=1S/C14H15NOS/c1-11-7-8-13(17-11)9-10-15-14(16)12-5-3-2-4-6-12/h2-8H,9-10H2,1H3,(H,15,16). The van der Waals surface area contributed by atoms with Crippen molar-refractivity contribution in [3.05, 3.63) is 57.8 Å². The molecule has 0 spiro atoms. The third kappa shape index (κ3) is 3.43. The minimum absolute atomic E-state index is 0.00104. The summed E-state index contributed by atoms with van der Waals surface area (Å²) in [6, 6.07) is 13.5. The summed E-state index contributed by atoms with van der Waals surface area (Å²) in [6.45, 7) is 2.78. The van der Waals surface area contributed by atoms with E-state index < -0.39 is 0 Å². The number of aryl methyl sites for hydroxylation is 1. The van der Waals surface area contributed by atoms with Crippen LogP contribution in [-0.2, 0) is 6.42 Å². The van der Waals surface area contributed by atoms with Crippen molar-refractivity contribution in [2.24, 2.45) is 0 Å². The highest BCUT2D eigenvalue weighted by atomic mass is 32.1. The van der Waals surface area contributed by atoms with Gasteiger partial charge in [0.25, 0.3) is 5.91 Å². The third-order valence-corrected chi connectivity index (χ3v) is 3.55. The van der Waals surface area contributed by atoms with E-state index in [1.165, 1.54) is 9.75 Å². The smallest absolute Gasteiger partial charge is 0.251 e. The Balaban J connectivity index is 1.81. The topological polar surface area (TPSA) is 29.1 Å². The fourth-order valence-electron chi connectivity index (χ4n) is 1.61. The van der Waals surface area contributed by atoms with Crippen LogP contribution in [0.5, 0.6) is 0 Å². The molecular weight excluding hydrogens is 230 g/mol. The molecule has 0 unspecified atom stereocenters. The maximum atomic E-state index is 11.7. The van der Waals surface area contributed by atoms with E-state index in [9.17, 15) is 4.79 Å². The molecule has 3 heteroatoms. The fourth-order valence-corrected chi connectivity index (χ4v) is 2.50. The van der Waals surface area contributed by atoms with Gasteiger partial charge in [0.2, 0.25) is 0 Å². The molecule has 1 N–H and O–H groups in total. The van der Waals surface area contributed by atoms with Gasteiger partial charge in [-0.2, -0.15) is 0 Å². The molecule has 1 heterocycles. The Morgan fingerprint density at radius 1 is 1.18 bits per heavy atom. The Morgan fingerprint density at radius 3 is 2.59 bits per heavy atom. The van der Waals surface area contributed by atoms with Crippen molar-refractivity contribution in [1.29, 1.82) is 0 Å². The lowest BCUT2D eigenvalue weighted by atomic mass is 10.2. The van der Waals surface area contributed by atoms with Gasteiger partial charge in [0.1, 0.15) is 0 Å². The number of carbonyl (C=O) groups is 1. The molecule has 17 heavy (non-hydrogen) atoms. The lowest BCUT2D eigenvalue weighted by Crippen LogP contribution is -2.25. The summed E-state index contributed by atoms with van der Waals surface area (Å²) >= 11 is 1.78. The van der Waals surface area contributed by atoms with Crippen LogP contribution in [-0.4, -0.2) is 12.5 Å². The predicted molar refractivity (Wildman–Crippen MR) is 71.5 cm³/mol. The van der Waals surface area contributed by atoms with Crippen molar-refractivity contribution in [3.8, 4) is 0 Å². The molecule has 0 aliphatic heterocycles. The molecule has 0 bridgehead atoms. The van der Waals surface area contributed by atoms with Gasteiger partial charge in [-0.05, 0) is 37.6 Å². The van der Waals surface area contributed by atoms with Gasteiger partial charge in [0, 0.05) is 21.9 Å². The molecule has 1 aromatic carbocycles. The maximum Gasteiger partial charge on any atom is 0.251 e. The first-order chi connectivity index (χ1) is 8.25. The molecule has 2 nitrogen and oxygen atoms in total. The first-order valence-corrected chi connectivity index (χ1v) is 6.46. The highest BCUT2D eigenvalue weighted by Crippen LogP contribution is 2.14. The number of amides is 1. The second-order valence-corrected chi connectivity index (χ2v) is 5.26. The monoisotopic (exact) mass is 245 g/mol. The molecule has 2 rings (SSSR count). The number of carbonyl (C=O) groups excluding carboxylic acids is 1. The van der Waals surface area contributed by atoms with E-state index in [1.54, 1.807) is 11.3 Å². The Morgan fingerprint density at radius 2 is 1.94 bits per heavy atom. The Bertz CT molecular complexity index is 490. The largest absolute Gasteiger partial charge is 0.352 e. The Kier molecular flexibility index (Phi) is 3.94. The summed E-state index contributed by atoms with van der Waals surface area (Å²) in [5.74, 6) is -0.00104. The number of nitrogens with one attached hydrogen (secondary N) is 1. The van der Waals surface area contributed by atoms with Crippen molar-refractivity contribution >= 4 is 17.2 Å². The van der Waals surface area contributed by atoms with Crippen LogP contribution in [0.1, 0.15) is 20.1 Å². The van der Waals surface area contributed by atoms with Crippen molar-refractivity contribution in [2.75, 3.05) is 6.54 Å². The number of rotatable bonds is 4. The summed E-state index contributed by atoms with van der Waals surface area (Å²) in [7, 11) is 0. The second kappa shape index (κ2) is 5.64. The van der Waals surface area contributed by atoms with Crippen LogP contribution in [0.4, 0.5) is 0 Å². The third-order valence-electron chi connectivity index (χ3n) is 2.49. The van der Waals surface area contributed by atoms with E-state index in [1.807, 2.05) is 30.3 Å². The van der Waals surface area contributed by atoms with Crippen LogP contribution in [0, 0.1) is 6.92 Å². The predicted octanol–water partition coefficient (Wildman–Crippen LogP) is 3.03. The molecule has 1 amide bonds. The van der Waals surface area contributed by atoms with Crippen molar-refractivity contribution in [2.45, 2.75) is 13.3 Å². The summed E-state index contributed by atoms with van der Waals surface area (Å²) in [6.07, 6.45) is 0.900. The van der Waals surface area contributed by atoms with Crippen LogP contribution in [0.15, 0.2) is 42.5 Å². The molecule has 0 radical (unpaired) electrons. The summed E-state index contributed by atoms with van der Waals surface area (Å²) in [5.41, 5.74) is 0.717. The van der Waals surface area contributed by atoms with Gasteiger partial charge in [0.15, 0.2) is 0 Å². The summed E-state index contributed by atoms with van der Waals surface area (Å²) in [5, 5.41) is 2.92. The molecule has 2 aromatic rings. The average Bonchev–Trinajstić information content (AvgIpc) is 2.76. The van der Waals surface area contributed by atoms with Gasteiger partial charge >= 0.3 is 0 Å². The average molecular weight is 245 g/mol. The Hall–Kier alpha value is -1.61. The first-order valence-electron chi connectivity index (χ1n) is 5.64. The minimum atomic E-state index is -0.00104. The van der Waals surface area contributed by atoms with E-state index in [2.05, 4.69) is 24.4 Å². The van der Waals surface area contributed by atoms with Gasteiger partial charge in [-0.25, -0.2) is 0 Å². The lowest BCUT2D eigenvalue weighted by molar-refractivity contribution is 0.0954. The van der Waals surface area contributed by atoms with E-state index >= 15 is 0 Å². The zero-order chi connectivity index (χ0) is 12.1. The highest BCUT2D eigenvalue weighted by molar-refractivity contribution is 7.11. The van der Waals surface area contributed by atoms with Crippen LogP contribution in [0.25, 0.3) is 0 Å². The molecule has 1 aromatic heterocycles. The van der Waals surface area contributed by atoms with Gasteiger partial charge in [-0.15, -0.1) is 11.3 Å². The van der Waals surface area contributed by atoms with Crippen molar-refractivity contribution < 1.29 is 4.79 Å². The zero-order valence-corrected chi connectivity index (χ0v) is 10.6. The number of hydrogen-bond acceptors (Lipinski definition) is 2. The molecule has 0 aliphatic carbocycles. The molecule has 0 saturated heterocycles. The van der Waals surface area contributed by atoms with Crippen molar-refractivity contribution in [1.82, 2.24) is 5.32 Å². The maximum absolute atomic E-state index is 11.7. The van der Waals surface area contributed by atoms with Crippen molar-refractivity contribution in [3.63, 3.8) is 0 Å². The van der Waals surface area contributed by atoms with E-state index in [0.29, 0.717) is 6.54 Å². The molecule has 0 aliphatic rings. The van der Waals surface area contributed by atoms with Gasteiger partial charge in [-0.1, -0.05) is 18.2 Å². The molecule has 0 saturated carbocycles. The van der Waals surface area contributed by atoms with E-state index in [-0.39, 0.29) is 5.91 Å². The first kappa shape index (κ1) is 11.9. The van der Waals surface area contributed by atoms with Gasteiger partial charge in [0.05, 0.1) is 0 Å². The summed E-state index contributed by atoms with van der Waals surface area (Å²) < 4.78 is 0. The van der Waals surface area contributed by atoms with E-state index in [0.717, 1.165) is 12.0 Å². The SMILES string of the molecule is Cc1ccc(CCNC(=O)c2ccccc2)s1. The summed E-state index contributed by atoms with van der Waals surface area (Å²) in [4.78, 5) is 14.4. The lowest BCUT2D eigenvalue weighted by Gasteiger charge is -2.03. The number of hydrogen-bond donors (Lipinski definition) is 1. The van der Waals surface area contributed by atoms with Gasteiger partial charge in [-0.3, -0.25) is 4.79 Å². The quantitative estimate of drug-likeness (QED) is 0.881. The zero-order valence-electron chi connectivity index (χ0n) is 9.77. The van der Waals surface area contributed by atoms with E-state index in [4.69, 9.17) is 0 Å². The normalized spacial score (nSPS) is 10.2.